The second-order valence-corrected chi connectivity index (χ2v) is 17.1. The van der Waals surface area contributed by atoms with E-state index in [-0.39, 0.29) is 10.8 Å². The van der Waals surface area contributed by atoms with E-state index < -0.39 is 0 Å². The van der Waals surface area contributed by atoms with Crippen LogP contribution in [0.3, 0.4) is 0 Å². The molecule has 54 heavy (non-hydrogen) atoms. The van der Waals surface area contributed by atoms with E-state index in [1.807, 2.05) is 0 Å². The molecule has 8 aromatic rings. The first-order valence-corrected chi connectivity index (χ1v) is 20.0. The molecule has 0 aliphatic heterocycles. The van der Waals surface area contributed by atoms with Gasteiger partial charge in [0.15, 0.2) is 5.58 Å². The summed E-state index contributed by atoms with van der Waals surface area (Å²) in [5, 5.41) is 5.05. The Labute approximate surface area is 318 Å². The van der Waals surface area contributed by atoms with Gasteiger partial charge in [-0.1, -0.05) is 138 Å². The summed E-state index contributed by atoms with van der Waals surface area (Å²) < 4.78 is 7.06. The molecule has 1 aromatic heterocycles. The highest BCUT2D eigenvalue weighted by Gasteiger charge is 2.42. The van der Waals surface area contributed by atoms with Gasteiger partial charge >= 0.3 is 0 Å². The van der Waals surface area contributed by atoms with E-state index in [9.17, 15) is 0 Å². The van der Waals surface area contributed by atoms with Crippen molar-refractivity contribution < 1.29 is 4.42 Å². The lowest BCUT2D eigenvalue weighted by molar-refractivity contribution is 0.442. The number of rotatable bonds is 4. The molecule has 7 aromatic carbocycles. The Morgan fingerprint density at radius 1 is 0.500 bits per heavy atom. The van der Waals surface area contributed by atoms with Gasteiger partial charge in [-0.15, -0.1) is 0 Å². The zero-order chi connectivity index (χ0) is 36.3. The van der Waals surface area contributed by atoms with E-state index in [1.165, 1.54) is 104 Å². The number of benzene rings is 7. The van der Waals surface area contributed by atoms with Crippen LogP contribution in [0.4, 0.5) is 17.1 Å². The van der Waals surface area contributed by atoms with Gasteiger partial charge < -0.3 is 9.32 Å². The van der Waals surface area contributed by atoms with Crippen molar-refractivity contribution in [3.05, 3.63) is 161 Å². The lowest BCUT2D eigenvalue weighted by Crippen LogP contribution is -2.17. The fraction of sp³-hybridized carbons (Fsp3) is 0.231. The third-order valence-corrected chi connectivity index (χ3v) is 13.4. The van der Waals surface area contributed by atoms with Crippen LogP contribution in [-0.4, -0.2) is 0 Å². The molecule has 1 fully saturated rings. The molecule has 0 spiro atoms. The van der Waals surface area contributed by atoms with Crippen LogP contribution in [0.2, 0.25) is 0 Å². The summed E-state index contributed by atoms with van der Waals surface area (Å²) >= 11 is 0. The molecular formula is C52H45NO. The molecule has 1 heterocycles. The van der Waals surface area contributed by atoms with Crippen LogP contribution in [0.15, 0.2) is 138 Å². The number of nitrogens with zero attached hydrogens (tertiary/aromatic N) is 1. The average molecular weight is 700 g/mol. The normalized spacial score (nSPS) is 16.7. The second-order valence-electron chi connectivity index (χ2n) is 17.1. The Hall–Kier alpha value is -5.60. The minimum absolute atomic E-state index is 0.0806. The summed E-state index contributed by atoms with van der Waals surface area (Å²) in [6.45, 7) is 9.63. The molecule has 0 atom stereocenters. The van der Waals surface area contributed by atoms with Crippen molar-refractivity contribution in [2.75, 3.05) is 4.90 Å². The van der Waals surface area contributed by atoms with Crippen LogP contribution < -0.4 is 4.90 Å². The molecule has 0 radical (unpaired) electrons. The summed E-state index contributed by atoms with van der Waals surface area (Å²) in [6, 6.07) is 50.1. The van der Waals surface area contributed by atoms with Crippen LogP contribution in [0.25, 0.3) is 55.0 Å². The van der Waals surface area contributed by atoms with Gasteiger partial charge in [0.25, 0.3) is 0 Å². The lowest BCUT2D eigenvalue weighted by Gasteiger charge is -2.28. The molecule has 0 amide bonds. The van der Waals surface area contributed by atoms with E-state index in [0.717, 1.165) is 28.2 Å². The minimum Gasteiger partial charge on any atom is -0.454 e. The van der Waals surface area contributed by atoms with Gasteiger partial charge in [-0.25, -0.2) is 0 Å². The number of anilines is 3. The zero-order valence-corrected chi connectivity index (χ0v) is 31.7. The first-order valence-electron chi connectivity index (χ1n) is 20.0. The molecule has 3 aliphatic carbocycles. The molecule has 3 aliphatic rings. The smallest absolute Gasteiger partial charge is 0.159 e. The van der Waals surface area contributed by atoms with Crippen molar-refractivity contribution >= 4 is 49.8 Å². The summed E-state index contributed by atoms with van der Waals surface area (Å²) in [6.07, 6.45) is 6.44. The first kappa shape index (κ1) is 31.9. The van der Waals surface area contributed by atoms with Gasteiger partial charge in [0.05, 0.1) is 5.69 Å². The van der Waals surface area contributed by atoms with Crippen LogP contribution in [0.1, 0.15) is 93.5 Å². The molecule has 0 bridgehead atoms. The van der Waals surface area contributed by atoms with E-state index in [1.54, 1.807) is 0 Å². The van der Waals surface area contributed by atoms with Crippen molar-refractivity contribution in [2.45, 2.75) is 76.5 Å². The SMILES string of the molecule is CC1(C)c2cc(N(c3ccccc3)c3cccc4c3oc3c(C5CCCCC5)cccc34)ccc2-c2cc3c(cc21)-c1c(ccc2ccccc12)C3(C)C. The Balaban J connectivity index is 1.08. The van der Waals surface area contributed by atoms with Crippen molar-refractivity contribution in [3.63, 3.8) is 0 Å². The summed E-state index contributed by atoms with van der Waals surface area (Å²) in [5.41, 5.74) is 17.6. The van der Waals surface area contributed by atoms with Crippen LogP contribution in [-0.2, 0) is 10.8 Å². The van der Waals surface area contributed by atoms with Gasteiger partial charge in [-0.2, -0.15) is 0 Å². The number of hydrogen-bond acceptors (Lipinski definition) is 2. The highest BCUT2D eigenvalue weighted by molar-refractivity contribution is 6.11. The van der Waals surface area contributed by atoms with Gasteiger partial charge in [-0.05, 0) is 122 Å². The topological polar surface area (TPSA) is 16.4 Å². The van der Waals surface area contributed by atoms with Gasteiger partial charge in [0.2, 0.25) is 0 Å². The number of furan rings is 1. The van der Waals surface area contributed by atoms with Gasteiger partial charge in [0.1, 0.15) is 5.58 Å². The molecular weight excluding hydrogens is 655 g/mol. The maximum absolute atomic E-state index is 7.06. The summed E-state index contributed by atoms with van der Waals surface area (Å²) in [7, 11) is 0. The largest absolute Gasteiger partial charge is 0.454 e. The second kappa shape index (κ2) is 11.5. The zero-order valence-electron chi connectivity index (χ0n) is 31.7. The van der Waals surface area contributed by atoms with Crippen molar-refractivity contribution in [3.8, 4) is 22.3 Å². The van der Waals surface area contributed by atoms with E-state index in [2.05, 4.69) is 166 Å². The Morgan fingerprint density at radius 2 is 1.17 bits per heavy atom. The minimum atomic E-state index is -0.185. The first-order chi connectivity index (χ1) is 26.3. The maximum Gasteiger partial charge on any atom is 0.159 e. The molecule has 1 saturated carbocycles. The van der Waals surface area contributed by atoms with Gasteiger partial charge in [0, 0.05) is 33.0 Å². The maximum atomic E-state index is 7.06. The van der Waals surface area contributed by atoms with Crippen molar-refractivity contribution in [2.24, 2.45) is 0 Å². The molecule has 0 N–H and O–H groups in total. The Kier molecular flexibility index (Phi) is 6.76. The third-order valence-electron chi connectivity index (χ3n) is 13.4. The number of fused-ring (bicyclic) bond motifs is 11. The fourth-order valence-electron chi connectivity index (χ4n) is 10.6. The average Bonchev–Trinajstić information content (AvgIpc) is 3.78. The third kappa shape index (κ3) is 4.40. The fourth-order valence-corrected chi connectivity index (χ4v) is 10.6. The number of hydrogen-bond donors (Lipinski definition) is 0. The highest BCUT2D eigenvalue weighted by Crippen LogP contribution is 2.58. The van der Waals surface area contributed by atoms with Crippen LogP contribution >= 0.6 is 0 Å². The molecule has 264 valence electrons. The summed E-state index contributed by atoms with van der Waals surface area (Å²) in [4.78, 5) is 2.41. The Morgan fingerprint density at radius 3 is 2.00 bits per heavy atom. The molecule has 11 rings (SSSR count). The van der Waals surface area contributed by atoms with E-state index >= 15 is 0 Å². The van der Waals surface area contributed by atoms with E-state index in [0.29, 0.717) is 5.92 Å². The van der Waals surface area contributed by atoms with Gasteiger partial charge in [-0.3, -0.25) is 0 Å². The highest BCUT2D eigenvalue weighted by atomic mass is 16.3. The predicted octanol–water partition coefficient (Wildman–Crippen LogP) is 14.9. The molecule has 0 saturated heterocycles. The Bertz CT molecular complexity index is 2810. The quantitative estimate of drug-likeness (QED) is 0.182. The number of para-hydroxylation sites is 3. The van der Waals surface area contributed by atoms with Crippen molar-refractivity contribution in [1.29, 1.82) is 0 Å². The van der Waals surface area contributed by atoms with Crippen LogP contribution in [0.5, 0.6) is 0 Å². The summed E-state index contributed by atoms with van der Waals surface area (Å²) in [5.74, 6) is 0.566. The molecule has 2 nitrogen and oxygen atoms in total. The lowest BCUT2D eigenvalue weighted by atomic mass is 9.79. The molecule has 0 unspecified atom stereocenters. The molecule has 2 heteroatoms. The van der Waals surface area contributed by atoms with Crippen LogP contribution in [0, 0.1) is 0 Å². The predicted molar refractivity (Wildman–Crippen MR) is 227 cm³/mol. The van der Waals surface area contributed by atoms with Crippen molar-refractivity contribution in [1.82, 2.24) is 0 Å². The monoisotopic (exact) mass is 699 g/mol. The standard InChI is InChI=1S/C52H45NO/c1-51(2)43-28-25-33-17-11-12-20-36(33)48(43)42-31-45-41(30-46(42)51)38-27-26-35(29-44(38)52(45,3)4)53(34-18-9-6-10-19-34)47-24-14-23-40-39-22-13-21-37(49(39)54-50(40)47)32-15-7-5-8-16-32/h6,9-14,17-32H,5,7-8,15-16H2,1-4H3. The van der Waals surface area contributed by atoms with E-state index in [4.69, 9.17) is 4.42 Å².